The van der Waals surface area contributed by atoms with Gasteiger partial charge in [0.15, 0.2) is 0 Å². The van der Waals surface area contributed by atoms with Crippen LogP contribution < -0.4 is 0 Å². The van der Waals surface area contributed by atoms with Gasteiger partial charge in [0.1, 0.15) is 0 Å². The first-order valence-electron chi connectivity index (χ1n) is 2.91. The van der Waals surface area contributed by atoms with Crippen LogP contribution in [0.1, 0.15) is 12.6 Å². The Morgan fingerprint density at radius 3 is 2.50 bits per heavy atom. The first kappa shape index (κ1) is 11.8. The van der Waals surface area contributed by atoms with Gasteiger partial charge < -0.3 is 0 Å². The molecule has 0 fully saturated rings. The summed E-state index contributed by atoms with van der Waals surface area (Å²) in [7, 11) is -2.20. The molecule has 0 bridgehead atoms. The Morgan fingerprint density at radius 1 is 1.42 bits per heavy atom. The van der Waals surface area contributed by atoms with E-state index in [0.717, 1.165) is 0 Å². The molecule has 4 nitrogen and oxygen atoms in total. The van der Waals surface area contributed by atoms with E-state index in [1.807, 2.05) is 0 Å². The standard InChI is InChI=1S/C6H6N2O2S.Na.H/c1-5(11(9)10)6-4-7-2-3-8-6;;/h2-4H,1H3;;. The van der Waals surface area contributed by atoms with Crippen molar-refractivity contribution in [3.63, 3.8) is 0 Å². The monoisotopic (exact) mass is 194 g/mol. The van der Waals surface area contributed by atoms with E-state index < -0.39 is 10.3 Å². The second-order valence-electron chi connectivity index (χ2n) is 1.88. The first-order chi connectivity index (χ1) is 5.22. The molecular weight excluding hydrogens is 187 g/mol. The van der Waals surface area contributed by atoms with Gasteiger partial charge >= 0.3 is 29.6 Å². The molecule has 0 radical (unpaired) electrons. The Balaban J connectivity index is 0.00000121. The van der Waals surface area contributed by atoms with Gasteiger partial charge in [-0.2, -0.15) is 8.42 Å². The predicted octanol–water partition coefficient (Wildman–Crippen LogP) is -0.752. The zero-order valence-electron chi connectivity index (χ0n) is 5.85. The van der Waals surface area contributed by atoms with Gasteiger partial charge in [0.2, 0.25) is 10.3 Å². The van der Waals surface area contributed by atoms with Crippen molar-refractivity contribution >= 4 is 44.7 Å². The van der Waals surface area contributed by atoms with Crippen molar-refractivity contribution in [2.75, 3.05) is 0 Å². The first-order valence-corrected chi connectivity index (χ1v) is 3.98. The van der Waals surface area contributed by atoms with Crippen molar-refractivity contribution in [1.29, 1.82) is 0 Å². The fourth-order valence-electron chi connectivity index (χ4n) is 0.566. The number of hydrogen-bond acceptors (Lipinski definition) is 4. The normalized spacial score (nSPS) is 8.42. The van der Waals surface area contributed by atoms with Gasteiger partial charge in [0.25, 0.3) is 0 Å². The minimum atomic E-state index is -2.20. The molecule has 0 unspecified atom stereocenters. The van der Waals surface area contributed by atoms with E-state index in [1.54, 1.807) is 0 Å². The van der Waals surface area contributed by atoms with Crippen molar-refractivity contribution < 1.29 is 8.42 Å². The second-order valence-corrected chi connectivity index (χ2v) is 2.96. The van der Waals surface area contributed by atoms with Crippen LogP contribution in [-0.2, 0) is 10.3 Å². The molecule has 0 aliphatic heterocycles. The molecule has 1 aromatic heterocycles. The van der Waals surface area contributed by atoms with Gasteiger partial charge in [-0.1, -0.05) is 0 Å². The van der Waals surface area contributed by atoms with E-state index in [2.05, 4.69) is 9.97 Å². The number of aromatic nitrogens is 2. The molecule has 0 aromatic carbocycles. The zero-order valence-corrected chi connectivity index (χ0v) is 6.67. The van der Waals surface area contributed by atoms with E-state index in [-0.39, 0.29) is 34.4 Å². The van der Waals surface area contributed by atoms with Crippen molar-refractivity contribution in [1.82, 2.24) is 9.97 Å². The molecule has 1 rings (SSSR count). The second kappa shape index (κ2) is 5.42. The Kier molecular flexibility index (Phi) is 5.32. The molecule has 1 aromatic rings. The van der Waals surface area contributed by atoms with E-state index in [4.69, 9.17) is 0 Å². The van der Waals surface area contributed by atoms with Crippen LogP contribution in [0.2, 0.25) is 0 Å². The Morgan fingerprint density at radius 2 is 2.08 bits per heavy atom. The molecule has 0 spiro atoms. The quantitative estimate of drug-likeness (QED) is 0.335. The van der Waals surface area contributed by atoms with Crippen molar-refractivity contribution in [2.45, 2.75) is 6.92 Å². The van der Waals surface area contributed by atoms with Gasteiger partial charge in [-0.15, -0.1) is 0 Å². The summed E-state index contributed by atoms with van der Waals surface area (Å²) in [6.07, 6.45) is 4.35. The summed E-state index contributed by atoms with van der Waals surface area (Å²) in [5, 5.41) is 0. The molecule has 0 aliphatic carbocycles. The van der Waals surface area contributed by atoms with Crippen molar-refractivity contribution in [2.24, 2.45) is 0 Å². The number of rotatable bonds is 1. The van der Waals surface area contributed by atoms with Crippen molar-refractivity contribution in [3.05, 3.63) is 24.3 Å². The van der Waals surface area contributed by atoms with Crippen molar-refractivity contribution in [3.8, 4) is 0 Å². The third-order valence-electron chi connectivity index (χ3n) is 1.17. The van der Waals surface area contributed by atoms with Crippen LogP contribution in [0.25, 0.3) is 0 Å². The summed E-state index contributed by atoms with van der Waals surface area (Å²) in [5.41, 5.74) is 0.390. The number of nitrogens with zero attached hydrogens (tertiary/aromatic N) is 2. The van der Waals surface area contributed by atoms with Crippen LogP contribution in [0, 0.1) is 0 Å². The van der Waals surface area contributed by atoms with Crippen LogP contribution >= 0.6 is 0 Å². The van der Waals surface area contributed by atoms with E-state index in [9.17, 15) is 8.42 Å². The van der Waals surface area contributed by atoms with Crippen LogP contribution in [0.5, 0.6) is 0 Å². The van der Waals surface area contributed by atoms with Gasteiger partial charge in [-0.3, -0.25) is 9.97 Å². The zero-order chi connectivity index (χ0) is 8.27. The maximum absolute atomic E-state index is 10.4. The molecule has 0 amide bonds. The third kappa shape index (κ3) is 3.02. The summed E-state index contributed by atoms with van der Waals surface area (Å²) in [4.78, 5) is 7.75. The predicted molar refractivity (Wildman–Crippen MR) is 47.9 cm³/mol. The van der Waals surface area contributed by atoms with E-state index in [1.165, 1.54) is 25.5 Å². The fraction of sp³-hybridized carbons (Fsp3) is 0.167. The Hall–Kier alpha value is -0.230. The molecular formula is C6H7N2NaO2S. The topological polar surface area (TPSA) is 59.9 Å². The van der Waals surface area contributed by atoms with Gasteiger partial charge in [0, 0.05) is 12.4 Å². The van der Waals surface area contributed by atoms with Crippen LogP contribution in [0.3, 0.4) is 0 Å². The molecule has 0 atom stereocenters. The van der Waals surface area contributed by atoms with Gasteiger partial charge in [-0.05, 0) is 6.92 Å². The van der Waals surface area contributed by atoms with Gasteiger partial charge in [0.05, 0.1) is 16.8 Å². The molecule has 60 valence electrons. The summed E-state index contributed by atoms with van der Waals surface area (Å²) < 4.78 is 20.8. The maximum atomic E-state index is 10.4. The molecule has 1 heterocycles. The molecule has 0 aliphatic rings. The average Bonchev–Trinajstić information content (AvgIpc) is 2.05. The number of hydrogen-bond donors (Lipinski definition) is 0. The summed E-state index contributed by atoms with van der Waals surface area (Å²) >= 11 is 0. The fourth-order valence-corrected chi connectivity index (χ4v) is 0.842. The van der Waals surface area contributed by atoms with Crippen LogP contribution in [0.4, 0.5) is 0 Å². The van der Waals surface area contributed by atoms with Crippen LogP contribution in [0.15, 0.2) is 18.6 Å². The molecule has 0 N–H and O–H groups in total. The summed E-state index contributed by atoms with van der Waals surface area (Å²) in [5.74, 6) is 0. The van der Waals surface area contributed by atoms with E-state index >= 15 is 0 Å². The van der Waals surface area contributed by atoms with Gasteiger partial charge in [-0.25, -0.2) is 0 Å². The molecule has 12 heavy (non-hydrogen) atoms. The van der Waals surface area contributed by atoms with Crippen LogP contribution in [-0.4, -0.2) is 52.8 Å². The van der Waals surface area contributed by atoms with E-state index in [0.29, 0.717) is 5.69 Å². The SMILES string of the molecule is CC(c1cnccn1)=S(=O)=O.[NaH]. The minimum absolute atomic E-state index is 0. The average molecular weight is 194 g/mol. The Bertz CT molecular complexity index is 366. The molecule has 0 saturated heterocycles. The molecule has 6 heteroatoms. The Labute approximate surface area is 93.9 Å². The summed E-state index contributed by atoms with van der Waals surface area (Å²) in [6.45, 7) is 1.48. The third-order valence-corrected chi connectivity index (χ3v) is 1.88. The molecule has 0 saturated carbocycles. The summed E-state index contributed by atoms with van der Waals surface area (Å²) in [6, 6.07) is 0.